The first-order valence-corrected chi connectivity index (χ1v) is 6.00. The lowest BCUT2D eigenvalue weighted by molar-refractivity contribution is 0.0600. The molecule has 0 amide bonds. The van der Waals surface area contributed by atoms with Gasteiger partial charge in [-0.25, -0.2) is 4.79 Å². The molecule has 2 aromatic carbocycles. The number of phenols is 1. The van der Waals surface area contributed by atoms with Crippen molar-refractivity contribution in [2.45, 2.75) is 6.92 Å². The van der Waals surface area contributed by atoms with Crippen LogP contribution in [0.1, 0.15) is 15.9 Å². The van der Waals surface area contributed by atoms with Crippen LogP contribution in [0, 0.1) is 6.92 Å². The van der Waals surface area contributed by atoms with Gasteiger partial charge in [-0.3, -0.25) is 0 Å². The Morgan fingerprint density at radius 1 is 1.10 bits per heavy atom. The third-order valence-corrected chi connectivity index (χ3v) is 3.16. The van der Waals surface area contributed by atoms with Crippen LogP contribution in [0.4, 0.5) is 0 Å². The van der Waals surface area contributed by atoms with E-state index in [4.69, 9.17) is 9.47 Å². The third-order valence-electron chi connectivity index (χ3n) is 3.16. The van der Waals surface area contributed by atoms with Gasteiger partial charge in [0, 0.05) is 5.39 Å². The molecule has 1 N–H and O–H groups in total. The molecule has 0 heterocycles. The van der Waals surface area contributed by atoms with E-state index in [9.17, 15) is 9.90 Å². The predicted octanol–water partition coefficient (Wildman–Crippen LogP) is 2.66. The van der Waals surface area contributed by atoms with Gasteiger partial charge in [0.25, 0.3) is 0 Å². The van der Waals surface area contributed by atoms with Crippen LogP contribution < -0.4 is 9.47 Å². The lowest BCUT2D eigenvalue weighted by Crippen LogP contribution is -2.02. The lowest BCUT2D eigenvalue weighted by atomic mass is 10.0. The van der Waals surface area contributed by atoms with Gasteiger partial charge in [0.05, 0.1) is 32.3 Å². The maximum atomic E-state index is 11.6. The Kier molecular flexibility index (Phi) is 3.70. The van der Waals surface area contributed by atoms with Gasteiger partial charge in [0.1, 0.15) is 17.2 Å². The molecule has 0 radical (unpaired) electrons. The van der Waals surface area contributed by atoms with Gasteiger partial charge in [-0.15, -0.1) is 0 Å². The highest BCUT2D eigenvalue weighted by molar-refractivity contribution is 6.03. The number of hydrogen-bond acceptors (Lipinski definition) is 5. The molecule has 2 rings (SSSR count). The van der Waals surface area contributed by atoms with Crippen LogP contribution in [0.5, 0.6) is 17.2 Å². The summed E-state index contributed by atoms with van der Waals surface area (Å²) in [6, 6.07) is 4.75. The average Bonchev–Trinajstić information content (AvgIpc) is 2.45. The summed E-state index contributed by atoms with van der Waals surface area (Å²) in [4.78, 5) is 11.6. The lowest BCUT2D eigenvalue weighted by Gasteiger charge is -2.14. The Labute approximate surface area is 116 Å². The monoisotopic (exact) mass is 276 g/mol. The molecule has 0 aliphatic heterocycles. The summed E-state index contributed by atoms with van der Waals surface area (Å²) in [5.74, 6) is 0.525. The zero-order valence-electron chi connectivity index (χ0n) is 11.8. The number of esters is 1. The number of ether oxygens (including phenoxy) is 3. The molecule has 2 aromatic rings. The minimum Gasteiger partial charge on any atom is -0.507 e. The number of rotatable bonds is 3. The molecular weight excluding hydrogens is 260 g/mol. The SMILES string of the molecule is COC(=O)c1cc(O)c2c(OC)cc(C)c(OC)c2c1. The molecule has 0 saturated heterocycles. The van der Waals surface area contributed by atoms with E-state index in [0.717, 1.165) is 5.56 Å². The average molecular weight is 276 g/mol. The standard InChI is InChI=1S/C15H16O5/c1-8-5-12(18-2)13-10(14(8)19-3)6-9(7-11(13)16)15(17)20-4/h5-7,16H,1-4H3. The molecule has 0 aliphatic carbocycles. The first kappa shape index (κ1) is 14.0. The van der Waals surface area contributed by atoms with Crippen LogP contribution >= 0.6 is 0 Å². The quantitative estimate of drug-likeness (QED) is 0.873. The number of benzene rings is 2. The predicted molar refractivity (Wildman–Crippen MR) is 74.8 cm³/mol. The van der Waals surface area contributed by atoms with Crippen LogP contribution in [-0.4, -0.2) is 32.4 Å². The highest BCUT2D eigenvalue weighted by Gasteiger charge is 2.18. The maximum absolute atomic E-state index is 11.6. The van der Waals surface area contributed by atoms with E-state index in [1.165, 1.54) is 27.4 Å². The normalized spacial score (nSPS) is 10.4. The van der Waals surface area contributed by atoms with E-state index in [0.29, 0.717) is 22.3 Å². The zero-order chi connectivity index (χ0) is 14.9. The first-order valence-electron chi connectivity index (χ1n) is 6.00. The fourth-order valence-corrected chi connectivity index (χ4v) is 2.28. The summed E-state index contributed by atoms with van der Waals surface area (Å²) >= 11 is 0. The summed E-state index contributed by atoms with van der Waals surface area (Å²) in [7, 11) is 4.35. The maximum Gasteiger partial charge on any atom is 0.338 e. The molecule has 5 heteroatoms. The van der Waals surface area contributed by atoms with Crippen molar-refractivity contribution in [2.24, 2.45) is 0 Å². The highest BCUT2D eigenvalue weighted by Crippen LogP contribution is 2.41. The Morgan fingerprint density at radius 2 is 1.80 bits per heavy atom. The smallest absolute Gasteiger partial charge is 0.338 e. The van der Waals surface area contributed by atoms with E-state index in [-0.39, 0.29) is 11.3 Å². The summed E-state index contributed by atoms with van der Waals surface area (Å²) in [6.45, 7) is 1.86. The van der Waals surface area contributed by atoms with E-state index in [2.05, 4.69) is 4.74 Å². The molecule has 0 bridgehead atoms. The van der Waals surface area contributed by atoms with Gasteiger partial charge >= 0.3 is 5.97 Å². The Balaban J connectivity index is 2.89. The molecular formula is C15H16O5. The van der Waals surface area contributed by atoms with Crippen molar-refractivity contribution < 1.29 is 24.1 Å². The van der Waals surface area contributed by atoms with E-state index in [1.807, 2.05) is 6.92 Å². The largest absolute Gasteiger partial charge is 0.507 e. The van der Waals surface area contributed by atoms with E-state index >= 15 is 0 Å². The molecule has 5 nitrogen and oxygen atoms in total. The number of fused-ring (bicyclic) bond motifs is 1. The van der Waals surface area contributed by atoms with Crippen LogP contribution in [0.2, 0.25) is 0 Å². The highest BCUT2D eigenvalue weighted by atomic mass is 16.5. The topological polar surface area (TPSA) is 65.0 Å². The minimum absolute atomic E-state index is 0.0574. The van der Waals surface area contributed by atoms with E-state index < -0.39 is 5.97 Å². The van der Waals surface area contributed by atoms with Crippen LogP contribution in [0.25, 0.3) is 10.8 Å². The number of phenolic OH excluding ortho intramolecular Hbond substituents is 1. The second-order valence-corrected chi connectivity index (χ2v) is 4.34. The Bertz CT molecular complexity index is 676. The van der Waals surface area contributed by atoms with Gasteiger partial charge < -0.3 is 19.3 Å². The van der Waals surface area contributed by atoms with Crippen LogP contribution in [-0.2, 0) is 4.74 Å². The number of carbonyl (C=O) groups excluding carboxylic acids is 1. The molecule has 106 valence electrons. The van der Waals surface area contributed by atoms with Gasteiger partial charge in [-0.2, -0.15) is 0 Å². The minimum atomic E-state index is -0.523. The van der Waals surface area contributed by atoms with Crippen molar-refractivity contribution in [2.75, 3.05) is 21.3 Å². The number of methoxy groups -OCH3 is 3. The molecule has 20 heavy (non-hydrogen) atoms. The second-order valence-electron chi connectivity index (χ2n) is 4.34. The van der Waals surface area contributed by atoms with Gasteiger partial charge in [0.15, 0.2) is 0 Å². The fraction of sp³-hybridized carbons (Fsp3) is 0.267. The van der Waals surface area contributed by atoms with Crippen LogP contribution in [0.3, 0.4) is 0 Å². The first-order chi connectivity index (χ1) is 9.53. The zero-order valence-corrected chi connectivity index (χ0v) is 11.8. The fourth-order valence-electron chi connectivity index (χ4n) is 2.28. The van der Waals surface area contributed by atoms with Crippen LogP contribution in [0.15, 0.2) is 18.2 Å². The molecule has 0 fully saturated rings. The van der Waals surface area contributed by atoms with E-state index in [1.54, 1.807) is 12.1 Å². The van der Waals surface area contributed by atoms with Gasteiger partial charge in [0.2, 0.25) is 0 Å². The summed E-state index contributed by atoms with van der Waals surface area (Å²) in [6.07, 6.45) is 0. The number of aromatic hydroxyl groups is 1. The molecule has 0 aromatic heterocycles. The number of aryl methyl sites for hydroxylation is 1. The molecule has 0 unspecified atom stereocenters. The summed E-state index contributed by atoms with van der Waals surface area (Å²) in [5.41, 5.74) is 1.10. The van der Waals surface area contributed by atoms with Crippen molar-refractivity contribution in [3.05, 3.63) is 29.3 Å². The number of carbonyl (C=O) groups is 1. The molecule has 0 spiro atoms. The Hall–Kier alpha value is -2.43. The molecule has 0 atom stereocenters. The third kappa shape index (κ3) is 2.11. The summed E-state index contributed by atoms with van der Waals surface area (Å²) < 4.78 is 15.3. The Morgan fingerprint density at radius 3 is 2.35 bits per heavy atom. The number of hydrogen-bond donors (Lipinski definition) is 1. The van der Waals surface area contributed by atoms with Gasteiger partial charge in [-0.1, -0.05) is 0 Å². The van der Waals surface area contributed by atoms with Crippen molar-refractivity contribution >= 4 is 16.7 Å². The molecule has 0 aliphatic rings. The molecule has 0 saturated carbocycles. The van der Waals surface area contributed by atoms with Crippen molar-refractivity contribution in [3.63, 3.8) is 0 Å². The van der Waals surface area contributed by atoms with Crippen molar-refractivity contribution in [1.29, 1.82) is 0 Å². The van der Waals surface area contributed by atoms with Gasteiger partial charge in [-0.05, 0) is 30.7 Å². The van der Waals surface area contributed by atoms with Crippen molar-refractivity contribution in [1.82, 2.24) is 0 Å². The summed E-state index contributed by atoms with van der Waals surface area (Å²) in [5, 5.41) is 11.3. The van der Waals surface area contributed by atoms with Crippen molar-refractivity contribution in [3.8, 4) is 17.2 Å². The second kappa shape index (κ2) is 5.28.